The Morgan fingerprint density at radius 1 is 0.557 bits per heavy atom. The molecule has 2 aromatic rings. The maximum absolute atomic E-state index is 13.6. The number of thiol groups is 2. The summed E-state index contributed by atoms with van der Waals surface area (Å²) in [4.78, 5) is 173. The van der Waals surface area contributed by atoms with Crippen molar-refractivity contribution >= 4 is 119 Å². The van der Waals surface area contributed by atoms with E-state index in [1.54, 1.807) is 30.5 Å². The van der Waals surface area contributed by atoms with Gasteiger partial charge in [-0.25, -0.2) is 4.79 Å². The lowest BCUT2D eigenvalue weighted by Gasteiger charge is -2.25. The van der Waals surface area contributed by atoms with Crippen LogP contribution in [0.15, 0.2) is 35.5 Å². The molecule has 33 nitrogen and oxygen atoms in total. The molecule has 0 aliphatic rings. The van der Waals surface area contributed by atoms with Gasteiger partial charge in [0.15, 0.2) is 5.96 Å². The quantitative estimate of drug-likeness (QED) is 0.0130. The molecule has 0 saturated heterocycles. The van der Waals surface area contributed by atoms with Crippen LogP contribution < -0.4 is 82.3 Å². The van der Waals surface area contributed by atoms with Crippen molar-refractivity contribution in [3.05, 3.63) is 36.0 Å². The minimum Gasteiger partial charge on any atom is -0.480 e. The Hall–Kier alpha value is -8.28. The maximum atomic E-state index is 13.6. The Balaban J connectivity index is 2.16. The van der Waals surface area contributed by atoms with Crippen molar-refractivity contribution in [1.82, 2.24) is 52.8 Å². The number of fused-ring (bicyclic) bond motifs is 1. The van der Waals surface area contributed by atoms with Crippen LogP contribution in [0.5, 0.6) is 0 Å². The van der Waals surface area contributed by atoms with Gasteiger partial charge in [0.05, 0.1) is 38.6 Å². The summed E-state index contributed by atoms with van der Waals surface area (Å²) in [7, 11) is 0. The smallest absolute Gasteiger partial charge is 0.326 e. The molecular weight excluding hydrogens is 1090 g/mol. The lowest BCUT2D eigenvalue weighted by atomic mass is 10.0. The second kappa shape index (κ2) is 33.8. The molecule has 0 saturated carbocycles. The third-order valence-electron chi connectivity index (χ3n) is 11.1. The third kappa shape index (κ3) is 23.5. The first kappa shape index (κ1) is 66.8. The number of aliphatic hydroxyl groups excluding tert-OH is 2. The number of aliphatic carboxylic acids is 1. The van der Waals surface area contributed by atoms with Gasteiger partial charge in [0, 0.05) is 48.0 Å². The molecule has 0 fully saturated rings. The predicted octanol–water partition coefficient (Wildman–Crippen LogP) is -9.97. The number of hydrogen-bond donors (Lipinski definition) is 21. The van der Waals surface area contributed by atoms with Gasteiger partial charge in [-0.2, -0.15) is 25.3 Å². The number of amides is 12. The predicted molar refractivity (Wildman–Crippen MR) is 284 cm³/mol. The summed E-state index contributed by atoms with van der Waals surface area (Å²) in [6.07, 6.45) is -1.06. The minimum atomic E-state index is -1.84. The van der Waals surface area contributed by atoms with Gasteiger partial charge in [-0.05, 0) is 30.9 Å². The molecule has 1 heterocycles. The van der Waals surface area contributed by atoms with Gasteiger partial charge in [0.25, 0.3) is 0 Å². The number of hydrogen-bond acceptors (Lipinski definition) is 19. The molecule has 0 bridgehead atoms. The van der Waals surface area contributed by atoms with E-state index < -0.39 is 188 Å². The number of aliphatic imine (C=N–C) groups is 1. The molecule has 25 N–H and O–H groups in total. The summed E-state index contributed by atoms with van der Waals surface area (Å²) in [6.45, 7) is -3.12. The highest BCUT2D eigenvalue weighted by atomic mass is 32.1. The van der Waals surface area contributed by atoms with Crippen LogP contribution in [0.3, 0.4) is 0 Å². The first-order valence-electron chi connectivity index (χ1n) is 23.8. The van der Waals surface area contributed by atoms with Gasteiger partial charge >= 0.3 is 5.97 Å². The number of nitrogens with zero attached hydrogens (tertiary/aromatic N) is 1. The van der Waals surface area contributed by atoms with E-state index in [0.29, 0.717) is 16.5 Å². The third-order valence-corrected chi connectivity index (χ3v) is 11.8. The van der Waals surface area contributed by atoms with Gasteiger partial charge in [-0.1, -0.05) is 18.2 Å². The minimum absolute atomic E-state index is 0.0157. The van der Waals surface area contributed by atoms with E-state index in [-0.39, 0.29) is 31.8 Å². The van der Waals surface area contributed by atoms with E-state index in [1.165, 1.54) is 0 Å². The fourth-order valence-electron chi connectivity index (χ4n) is 6.99. The Labute approximate surface area is 460 Å². The monoisotopic (exact) mass is 1150 g/mol. The molecule has 0 aliphatic carbocycles. The average molecular weight is 1150 g/mol. The van der Waals surface area contributed by atoms with Crippen LogP contribution >= 0.6 is 25.3 Å². The molecule has 12 amide bonds. The summed E-state index contributed by atoms with van der Waals surface area (Å²) in [5.74, 6) is -15.4. The number of nitrogens with one attached hydrogen (secondary N) is 10. The lowest BCUT2D eigenvalue weighted by Crippen LogP contribution is -2.60. The number of para-hydroxylation sites is 1. The van der Waals surface area contributed by atoms with Crippen molar-refractivity contribution in [3.63, 3.8) is 0 Å². The number of carboxylic acids is 1. The second-order valence-corrected chi connectivity index (χ2v) is 18.0. The summed E-state index contributed by atoms with van der Waals surface area (Å²) >= 11 is 8.19. The van der Waals surface area contributed by atoms with E-state index in [0.717, 1.165) is 0 Å². The highest BCUT2D eigenvalue weighted by Gasteiger charge is 2.34. The van der Waals surface area contributed by atoms with Crippen LogP contribution in [0.4, 0.5) is 0 Å². The Kier molecular flexibility index (Phi) is 28.6. The number of rotatable bonds is 36. The second-order valence-electron chi connectivity index (χ2n) is 17.3. The van der Waals surface area contributed by atoms with Crippen molar-refractivity contribution in [2.45, 2.75) is 99.3 Å². The number of carboxylic acid groups (broad SMARTS) is 1. The Morgan fingerprint density at radius 3 is 1.56 bits per heavy atom. The van der Waals surface area contributed by atoms with Crippen LogP contribution in [0.1, 0.15) is 44.1 Å². The van der Waals surface area contributed by atoms with E-state index >= 15 is 0 Å². The number of benzene rings is 1. The Morgan fingerprint density at radius 2 is 1.03 bits per heavy atom. The van der Waals surface area contributed by atoms with Crippen LogP contribution in [0.25, 0.3) is 10.9 Å². The van der Waals surface area contributed by atoms with Crippen molar-refractivity contribution in [1.29, 1.82) is 0 Å². The number of aliphatic hydroxyl groups is 2. The summed E-state index contributed by atoms with van der Waals surface area (Å²) in [6, 6.07) is -7.69. The number of primary amides is 3. The van der Waals surface area contributed by atoms with Gasteiger partial charge < -0.3 is 103 Å². The molecule has 0 aliphatic heterocycles. The van der Waals surface area contributed by atoms with Crippen molar-refractivity contribution in [2.24, 2.45) is 39.4 Å². The molecule has 0 radical (unpaired) electrons. The fraction of sp³-hybridized carbons (Fsp3) is 0.500. The molecule has 0 spiro atoms. The number of aromatic amines is 1. The number of guanidine groups is 1. The number of carbonyl (C=O) groups is 13. The van der Waals surface area contributed by atoms with E-state index in [1.807, 2.05) is 0 Å². The van der Waals surface area contributed by atoms with E-state index in [2.05, 4.69) is 83.1 Å². The molecule has 0 unspecified atom stereocenters. The van der Waals surface area contributed by atoms with Crippen molar-refractivity contribution < 1.29 is 77.6 Å². The zero-order valence-electron chi connectivity index (χ0n) is 42.2. The number of nitrogens with two attached hydrogens (primary N) is 6. The molecule has 436 valence electrons. The molecule has 1 aromatic carbocycles. The van der Waals surface area contributed by atoms with Gasteiger partial charge in [-0.15, -0.1) is 0 Å². The summed E-state index contributed by atoms with van der Waals surface area (Å²) in [5, 5.41) is 50.6. The fourth-order valence-corrected chi connectivity index (χ4v) is 7.51. The summed E-state index contributed by atoms with van der Waals surface area (Å²) in [5.41, 5.74) is 33.0. The number of aromatic nitrogens is 1. The Bertz CT molecular complexity index is 2570. The van der Waals surface area contributed by atoms with Gasteiger partial charge in [0.2, 0.25) is 70.9 Å². The van der Waals surface area contributed by atoms with Crippen LogP contribution in [-0.4, -0.2) is 195 Å². The largest absolute Gasteiger partial charge is 0.480 e. The maximum Gasteiger partial charge on any atom is 0.326 e. The highest BCUT2D eigenvalue weighted by molar-refractivity contribution is 7.80. The zero-order chi connectivity index (χ0) is 59.5. The number of carbonyl (C=O) groups excluding carboxylic acids is 12. The van der Waals surface area contributed by atoms with Gasteiger partial charge in [-0.3, -0.25) is 62.5 Å². The molecular formula is C44H67N17O16S2. The zero-order valence-corrected chi connectivity index (χ0v) is 44.0. The first-order chi connectivity index (χ1) is 37.2. The van der Waals surface area contributed by atoms with Crippen LogP contribution in [0, 0.1) is 0 Å². The molecule has 9 atom stereocenters. The van der Waals surface area contributed by atoms with Crippen molar-refractivity contribution in [3.8, 4) is 0 Å². The molecule has 1 aromatic heterocycles. The lowest BCUT2D eigenvalue weighted by molar-refractivity contribution is -0.143. The van der Waals surface area contributed by atoms with E-state index in [4.69, 9.17) is 34.4 Å². The SMILES string of the molecule is NC(=O)CC[C@H](NC(=O)[C@H](CO)NC(=O)[C@H](CS)NC(=O)[C@H](CCCN=C(N)N)NC(=O)[C@@H](N)CC(N)=O)C(=O)NCC(=O)N[C@@H](CO)C(=O)N[C@@H](CS)C(=O)N[C@@H](Cc1c[nH]c2ccccc12)C(=O)N[C@@H](CC(N)=O)C(=O)O. The normalized spacial score (nSPS) is 14.3. The van der Waals surface area contributed by atoms with Crippen LogP contribution in [0.2, 0.25) is 0 Å². The number of H-pyrrole nitrogens is 1. The first-order valence-corrected chi connectivity index (χ1v) is 25.1. The average Bonchev–Trinajstić information content (AvgIpc) is 3.80. The standard InChI is InChI=1S/C44H67N17O16S2/c45-21(11-32(47)65)35(68)55-23(6-3-9-51-44(49)50)37(70)60-30(18-79)42(75)59-28(16-63)40(73)56-24(7-8-31(46)64)36(69)53-14-34(67)54-27(15-62)39(72)61-29(17-78)41(74)57-25(38(71)58-26(43(76)77)12-33(48)66)10-19-13-52-22-5-2-1-4-20(19)22/h1-2,4-5,13,21,23-30,52,62-63,78-79H,3,6-12,14-18,45H2,(H2,46,64)(H2,47,65)(H2,48,66)(H,53,69)(H,54,67)(H,55,68)(H,56,73)(H,57,74)(H,58,71)(H,59,75)(H,60,70)(H,61,72)(H,76,77)(H4,49,50,51)/t21-,23-,24-,25-,26-,27-,28-,29-,30-/m0/s1. The molecule has 35 heteroatoms. The molecule has 79 heavy (non-hydrogen) atoms. The topological polar surface area (TPSA) is 575 Å². The van der Waals surface area contributed by atoms with E-state index in [9.17, 15) is 77.6 Å². The van der Waals surface area contributed by atoms with Gasteiger partial charge in [0.1, 0.15) is 48.3 Å². The van der Waals surface area contributed by atoms with Crippen molar-refractivity contribution in [2.75, 3.05) is 37.8 Å². The summed E-state index contributed by atoms with van der Waals surface area (Å²) < 4.78 is 0. The highest BCUT2D eigenvalue weighted by Crippen LogP contribution is 2.19. The molecule has 2 rings (SSSR count). The van der Waals surface area contributed by atoms with Crippen LogP contribution in [-0.2, 0) is 68.7 Å².